The Labute approximate surface area is 127 Å². The topological polar surface area (TPSA) is 52.6 Å². The number of anilines is 1. The molecular weight excluding hydrogens is 264 g/mol. The molecule has 0 aromatic heterocycles. The van der Waals surface area contributed by atoms with Crippen LogP contribution >= 0.6 is 0 Å². The second-order valence-electron chi connectivity index (χ2n) is 5.95. The summed E-state index contributed by atoms with van der Waals surface area (Å²) in [6, 6.07) is 5.74. The fourth-order valence-corrected chi connectivity index (χ4v) is 2.97. The molecular formula is C17H26N2O2. The molecule has 0 aliphatic carbocycles. The van der Waals surface area contributed by atoms with Gasteiger partial charge in [0.2, 0.25) is 0 Å². The third-order valence-corrected chi connectivity index (χ3v) is 4.20. The molecule has 0 amide bonds. The number of nitrogens with one attached hydrogen (secondary N) is 1. The summed E-state index contributed by atoms with van der Waals surface area (Å²) < 4.78 is 0. The molecule has 4 nitrogen and oxygen atoms in total. The van der Waals surface area contributed by atoms with Crippen LogP contribution in [0.4, 0.5) is 5.69 Å². The first-order chi connectivity index (χ1) is 10.1. The molecule has 1 unspecified atom stereocenters. The van der Waals surface area contributed by atoms with Crippen LogP contribution < -0.4 is 5.32 Å². The molecule has 1 fully saturated rings. The highest BCUT2D eigenvalue weighted by Gasteiger charge is 2.17. The van der Waals surface area contributed by atoms with Gasteiger partial charge in [-0.05, 0) is 63.4 Å². The van der Waals surface area contributed by atoms with Gasteiger partial charge in [-0.15, -0.1) is 0 Å². The van der Waals surface area contributed by atoms with Crippen molar-refractivity contribution in [3.05, 3.63) is 29.3 Å². The minimum absolute atomic E-state index is 0.351. The summed E-state index contributed by atoms with van der Waals surface area (Å²) in [4.78, 5) is 13.6. The third-order valence-electron chi connectivity index (χ3n) is 4.20. The molecule has 1 aliphatic heterocycles. The number of hydrogen-bond donors (Lipinski definition) is 2. The summed E-state index contributed by atoms with van der Waals surface area (Å²) >= 11 is 0. The maximum absolute atomic E-state index is 11.1. The zero-order valence-corrected chi connectivity index (χ0v) is 13.1. The lowest BCUT2D eigenvalue weighted by atomic mass is 10.1. The molecule has 1 aliphatic rings. The van der Waals surface area contributed by atoms with E-state index in [0.717, 1.165) is 30.6 Å². The Morgan fingerprint density at radius 3 is 2.90 bits per heavy atom. The van der Waals surface area contributed by atoms with Crippen LogP contribution in [0.15, 0.2) is 18.2 Å². The van der Waals surface area contributed by atoms with Crippen molar-refractivity contribution in [1.82, 2.24) is 4.90 Å². The van der Waals surface area contributed by atoms with Crippen LogP contribution in [0.25, 0.3) is 0 Å². The number of hydrogen-bond acceptors (Lipinski definition) is 3. The predicted molar refractivity (Wildman–Crippen MR) is 86.1 cm³/mol. The van der Waals surface area contributed by atoms with Crippen molar-refractivity contribution in [3.8, 4) is 0 Å². The predicted octanol–water partition coefficient (Wildman–Crippen LogP) is 3.37. The van der Waals surface area contributed by atoms with E-state index in [1.54, 1.807) is 12.1 Å². The van der Waals surface area contributed by atoms with Crippen LogP contribution in [0.1, 0.15) is 48.5 Å². The first-order valence-corrected chi connectivity index (χ1v) is 7.93. The Hall–Kier alpha value is -1.55. The Bertz CT molecular complexity index is 488. The highest BCUT2D eigenvalue weighted by atomic mass is 16.4. The number of benzene rings is 1. The largest absolute Gasteiger partial charge is 0.478 e. The van der Waals surface area contributed by atoms with Crippen LogP contribution in [0.3, 0.4) is 0 Å². The number of carbonyl (C=O) groups is 1. The van der Waals surface area contributed by atoms with Crippen LogP contribution in [0, 0.1) is 6.92 Å². The highest BCUT2D eigenvalue weighted by Crippen LogP contribution is 2.21. The van der Waals surface area contributed by atoms with Crippen molar-refractivity contribution in [2.45, 2.75) is 45.6 Å². The zero-order chi connectivity index (χ0) is 15.2. The highest BCUT2D eigenvalue weighted by molar-refractivity contribution is 5.89. The van der Waals surface area contributed by atoms with E-state index in [0.29, 0.717) is 11.6 Å². The average molecular weight is 290 g/mol. The van der Waals surface area contributed by atoms with E-state index in [4.69, 9.17) is 5.11 Å². The van der Waals surface area contributed by atoms with Crippen LogP contribution in [0.2, 0.25) is 0 Å². The summed E-state index contributed by atoms with van der Waals surface area (Å²) in [6.45, 7) is 7.74. The van der Waals surface area contributed by atoms with Gasteiger partial charge in [0.25, 0.3) is 0 Å². The molecule has 0 saturated carbocycles. The molecule has 1 aromatic carbocycles. The lowest BCUT2D eigenvalue weighted by molar-refractivity contribution is 0.0697. The van der Waals surface area contributed by atoms with Crippen LogP contribution in [-0.4, -0.2) is 41.7 Å². The normalized spacial score (nSPS) is 20.0. The second-order valence-corrected chi connectivity index (χ2v) is 5.95. The SMILES string of the molecule is CCCN1CCCC(Nc2cc(C(=O)O)ccc2C)CC1. The Morgan fingerprint density at radius 2 is 2.19 bits per heavy atom. The Balaban J connectivity index is 2.01. The van der Waals surface area contributed by atoms with E-state index < -0.39 is 5.97 Å². The average Bonchev–Trinajstić information content (AvgIpc) is 2.67. The molecule has 0 radical (unpaired) electrons. The van der Waals surface area contributed by atoms with Gasteiger partial charge in [0.1, 0.15) is 0 Å². The Kier molecular flexibility index (Phi) is 5.62. The van der Waals surface area contributed by atoms with Crippen LogP contribution in [-0.2, 0) is 0 Å². The maximum Gasteiger partial charge on any atom is 0.335 e. The minimum atomic E-state index is -0.868. The van der Waals surface area contributed by atoms with Crippen molar-refractivity contribution in [2.24, 2.45) is 0 Å². The number of nitrogens with zero attached hydrogens (tertiary/aromatic N) is 1. The lowest BCUT2D eigenvalue weighted by Gasteiger charge is -2.21. The molecule has 21 heavy (non-hydrogen) atoms. The van der Waals surface area contributed by atoms with Crippen molar-refractivity contribution < 1.29 is 9.90 Å². The summed E-state index contributed by atoms with van der Waals surface area (Å²) in [6.07, 6.45) is 4.68. The summed E-state index contributed by atoms with van der Waals surface area (Å²) in [5.41, 5.74) is 2.42. The van der Waals surface area contributed by atoms with E-state index in [1.165, 1.54) is 25.9 Å². The van der Waals surface area contributed by atoms with E-state index in [-0.39, 0.29) is 0 Å². The summed E-state index contributed by atoms with van der Waals surface area (Å²) in [5, 5.41) is 12.7. The first kappa shape index (κ1) is 15.8. The fraction of sp³-hybridized carbons (Fsp3) is 0.588. The Morgan fingerprint density at radius 1 is 1.38 bits per heavy atom. The second kappa shape index (κ2) is 7.46. The van der Waals surface area contributed by atoms with Gasteiger partial charge >= 0.3 is 5.97 Å². The van der Waals surface area contributed by atoms with Gasteiger partial charge in [0, 0.05) is 18.3 Å². The third kappa shape index (κ3) is 4.46. The standard InChI is InChI=1S/C17H26N2O2/c1-3-9-19-10-4-5-15(8-11-19)18-16-12-14(17(20)21)7-6-13(16)2/h6-7,12,15,18H,3-5,8-11H2,1-2H3,(H,20,21). The minimum Gasteiger partial charge on any atom is -0.478 e. The monoisotopic (exact) mass is 290 g/mol. The summed E-state index contributed by atoms with van der Waals surface area (Å²) in [5.74, 6) is -0.868. The van der Waals surface area contributed by atoms with Gasteiger partial charge in [-0.3, -0.25) is 0 Å². The van der Waals surface area contributed by atoms with Crippen molar-refractivity contribution in [2.75, 3.05) is 25.0 Å². The van der Waals surface area contributed by atoms with Gasteiger partial charge in [0.05, 0.1) is 5.56 Å². The summed E-state index contributed by atoms with van der Waals surface area (Å²) in [7, 11) is 0. The molecule has 1 saturated heterocycles. The number of aryl methyl sites for hydroxylation is 1. The molecule has 1 heterocycles. The smallest absolute Gasteiger partial charge is 0.335 e. The van der Waals surface area contributed by atoms with Crippen molar-refractivity contribution in [1.29, 1.82) is 0 Å². The van der Waals surface area contributed by atoms with Gasteiger partial charge < -0.3 is 15.3 Å². The number of likely N-dealkylation sites (tertiary alicyclic amines) is 1. The molecule has 0 spiro atoms. The van der Waals surface area contributed by atoms with E-state index >= 15 is 0 Å². The van der Waals surface area contributed by atoms with E-state index in [9.17, 15) is 4.79 Å². The number of carboxylic acids is 1. The molecule has 116 valence electrons. The first-order valence-electron chi connectivity index (χ1n) is 7.93. The molecule has 0 bridgehead atoms. The molecule has 2 rings (SSSR count). The molecule has 2 N–H and O–H groups in total. The number of aromatic carboxylic acids is 1. The van der Waals surface area contributed by atoms with Crippen molar-refractivity contribution >= 4 is 11.7 Å². The quantitative estimate of drug-likeness (QED) is 0.873. The lowest BCUT2D eigenvalue weighted by Crippen LogP contribution is -2.27. The van der Waals surface area contributed by atoms with E-state index in [1.807, 2.05) is 13.0 Å². The maximum atomic E-state index is 11.1. The fourth-order valence-electron chi connectivity index (χ4n) is 2.97. The van der Waals surface area contributed by atoms with E-state index in [2.05, 4.69) is 17.1 Å². The molecule has 1 atom stereocenters. The van der Waals surface area contributed by atoms with Gasteiger partial charge in [-0.1, -0.05) is 13.0 Å². The number of carboxylic acid groups (broad SMARTS) is 1. The van der Waals surface area contributed by atoms with Gasteiger partial charge in [-0.2, -0.15) is 0 Å². The van der Waals surface area contributed by atoms with Crippen LogP contribution in [0.5, 0.6) is 0 Å². The van der Waals surface area contributed by atoms with Gasteiger partial charge in [0.15, 0.2) is 0 Å². The number of rotatable bonds is 5. The molecule has 4 heteroatoms. The zero-order valence-electron chi connectivity index (χ0n) is 13.1. The van der Waals surface area contributed by atoms with Gasteiger partial charge in [-0.25, -0.2) is 4.79 Å². The molecule has 1 aromatic rings. The van der Waals surface area contributed by atoms with Crippen molar-refractivity contribution in [3.63, 3.8) is 0 Å².